The van der Waals surface area contributed by atoms with E-state index in [1.807, 2.05) is 0 Å². The molecule has 33 heavy (non-hydrogen) atoms. The zero-order valence-electron chi connectivity index (χ0n) is 20.7. The lowest BCUT2D eigenvalue weighted by Crippen LogP contribution is -2.46. The first-order valence-electron chi connectivity index (χ1n) is 13.0. The van der Waals surface area contributed by atoms with Gasteiger partial charge < -0.3 is 25.2 Å². The lowest BCUT2D eigenvalue weighted by Gasteiger charge is -2.40. The molecule has 1 unspecified atom stereocenters. The topological polar surface area (TPSA) is 52.1 Å². The second kappa shape index (κ2) is 13.1. The van der Waals surface area contributed by atoms with Crippen molar-refractivity contribution in [3.63, 3.8) is 0 Å². The number of para-hydroxylation sites is 1. The number of aliphatic imine (C=N–C) groups is 1. The summed E-state index contributed by atoms with van der Waals surface area (Å²) in [5.41, 5.74) is 1.27. The summed E-state index contributed by atoms with van der Waals surface area (Å²) in [7, 11) is 0. The van der Waals surface area contributed by atoms with Gasteiger partial charge in [-0.05, 0) is 64.6 Å². The summed E-state index contributed by atoms with van der Waals surface area (Å²) in [5.74, 6) is 2.00. The van der Waals surface area contributed by atoms with Crippen molar-refractivity contribution >= 4 is 29.9 Å². The molecule has 0 radical (unpaired) electrons. The maximum atomic E-state index is 6.53. The third-order valence-electron chi connectivity index (χ3n) is 7.43. The smallest absolute Gasteiger partial charge is 0.191 e. The van der Waals surface area contributed by atoms with Gasteiger partial charge in [0, 0.05) is 51.3 Å². The average Bonchev–Trinajstić information content (AvgIpc) is 3.26. The fourth-order valence-corrected chi connectivity index (χ4v) is 5.52. The molecule has 2 aliphatic heterocycles. The molecule has 0 aromatic heterocycles. The fraction of sp³-hybridized carbons (Fsp3) is 0.731. The van der Waals surface area contributed by atoms with Gasteiger partial charge in [-0.1, -0.05) is 25.1 Å². The minimum absolute atomic E-state index is 0. The average molecular weight is 570 g/mol. The SMILES string of the molecule is CCNC(=NCCCCN1CCN(CC)CC1)NC1CC2(CCCC2)Oc2ccccc21.I. The van der Waals surface area contributed by atoms with Crippen molar-refractivity contribution in [1.82, 2.24) is 20.4 Å². The molecule has 1 aromatic rings. The number of halogens is 1. The normalized spacial score (nSPS) is 23.0. The molecule has 1 aromatic carbocycles. The van der Waals surface area contributed by atoms with Crippen LogP contribution in [0.4, 0.5) is 0 Å². The van der Waals surface area contributed by atoms with Gasteiger partial charge in [0.25, 0.3) is 0 Å². The number of nitrogens with zero attached hydrogens (tertiary/aromatic N) is 3. The first kappa shape index (κ1) is 26.5. The number of hydrogen-bond donors (Lipinski definition) is 2. The van der Waals surface area contributed by atoms with Crippen LogP contribution in [0.5, 0.6) is 5.75 Å². The van der Waals surface area contributed by atoms with Crippen molar-refractivity contribution < 1.29 is 4.74 Å². The van der Waals surface area contributed by atoms with Gasteiger partial charge in [0.1, 0.15) is 11.4 Å². The number of likely N-dealkylation sites (N-methyl/N-ethyl adjacent to an activating group) is 1. The van der Waals surface area contributed by atoms with Crippen LogP contribution in [0.1, 0.15) is 70.4 Å². The summed E-state index contributed by atoms with van der Waals surface area (Å²) in [6, 6.07) is 8.80. The Balaban J connectivity index is 0.00000306. The Labute approximate surface area is 217 Å². The zero-order valence-corrected chi connectivity index (χ0v) is 23.0. The zero-order chi connectivity index (χ0) is 22.2. The molecule has 1 spiro atoms. The predicted molar refractivity (Wildman–Crippen MR) is 148 cm³/mol. The molecule has 2 N–H and O–H groups in total. The number of ether oxygens (including phenoxy) is 1. The molecule has 2 heterocycles. The van der Waals surface area contributed by atoms with Gasteiger partial charge in [0.05, 0.1) is 6.04 Å². The highest BCUT2D eigenvalue weighted by molar-refractivity contribution is 14.0. The van der Waals surface area contributed by atoms with Gasteiger partial charge >= 0.3 is 0 Å². The van der Waals surface area contributed by atoms with E-state index in [2.05, 4.69) is 58.5 Å². The number of benzene rings is 1. The van der Waals surface area contributed by atoms with Crippen LogP contribution in [0.2, 0.25) is 0 Å². The monoisotopic (exact) mass is 569 g/mol. The Morgan fingerprint density at radius 3 is 2.52 bits per heavy atom. The molecule has 0 amide bonds. The predicted octanol–water partition coefficient (Wildman–Crippen LogP) is 4.41. The highest BCUT2D eigenvalue weighted by Gasteiger charge is 2.43. The van der Waals surface area contributed by atoms with Gasteiger partial charge in [-0.3, -0.25) is 4.99 Å². The van der Waals surface area contributed by atoms with E-state index in [-0.39, 0.29) is 35.6 Å². The number of guanidine groups is 1. The molecule has 186 valence electrons. The van der Waals surface area contributed by atoms with Gasteiger partial charge in [0.2, 0.25) is 0 Å². The van der Waals surface area contributed by atoms with Gasteiger partial charge in [-0.2, -0.15) is 0 Å². The summed E-state index contributed by atoms with van der Waals surface area (Å²) < 4.78 is 6.53. The second-order valence-corrected chi connectivity index (χ2v) is 9.67. The molecular weight excluding hydrogens is 525 g/mol. The summed E-state index contributed by atoms with van der Waals surface area (Å²) in [6.45, 7) is 13.4. The maximum Gasteiger partial charge on any atom is 0.191 e. The minimum atomic E-state index is 0. The first-order valence-corrected chi connectivity index (χ1v) is 13.0. The Hall–Kier alpha value is -1.06. The molecule has 2 fully saturated rings. The maximum absolute atomic E-state index is 6.53. The van der Waals surface area contributed by atoms with Gasteiger partial charge in [-0.25, -0.2) is 0 Å². The van der Waals surface area contributed by atoms with E-state index >= 15 is 0 Å². The Morgan fingerprint density at radius 2 is 1.79 bits per heavy atom. The van der Waals surface area contributed by atoms with Crippen LogP contribution < -0.4 is 15.4 Å². The van der Waals surface area contributed by atoms with Crippen LogP contribution >= 0.6 is 24.0 Å². The van der Waals surface area contributed by atoms with Crippen molar-refractivity contribution in [3.8, 4) is 5.75 Å². The van der Waals surface area contributed by atoms with E-state index in [0.29, 0.717) is 0 Å². The lowest BCUT2D eigenvalue weighted by atomic mass is 9.86. The van der Waals surface area contributed by atoms with Gasteiger partial charge in [0.15, 0.2) is 5.96 Å². The third kappa shape index (κ3) is 7.21. The summed E-state index contributed by atoms with van der Waals surface area (Å²) in [4.78, 5) is 10.1. The standard InChI is InChI=1S/C26H43N5O.HI/c1-3-27-25(28-15-9-10-16-31-19-17-30(4-2)18-20-31)29-23-21-26(13-7-8-14-26)32-24-12-6-5-11-22(23)24;/h5-6,11-12,23H,3-4,7-10,13-21H2,1-2H3,(H2,27,28,29);1H. The van der Waals surface area contributed by atoms with E-state index in [9.17, 15) is 0 Å². The Bertz CT molecular complexity index is 744. The molecular formula is C26H44IN5O. The largest absolute Gasteiger partial charge is 0.487 e. The van der Waals surface area contributed by atoms with Crippen LogP contribution in [-0.4, -0.2) is 73.7 Å². The van der Waals surface area contributed by atoms with E-state index in [0.717, 1.165) is 37.6 Å². The summed E-state index contributed by atoms with van der Waals surface area (Å²) in [5, 5.41) is 7.23. The molecule has 7 heteroatoms. The van der Waals surface area contributed by atoms with Crippen LogP contribution in [0, 0.1) is 0 Å². The van der Waals surface area contributed by atoms with Crippen LogP contribution in [0.15, 0.2) is 29.3 Å². The number of fused-ring (bicyclic) bond motifs is 1. The van der Waals surface area contributed by atoms with Crippen LogP contribution in [0.25, 0.3) is 0 Å². The Kier molecular flexibility index (Phi) is 10.6. The third-order valence-corrected chi connectivity index (χ3v) is 7.43. The van der Waals surface area contributed by atoms with E-state index in [1.54, 1.807) is 0 Å². The van der Waals surface area contributed by atoms with E-state index in [1.165, 1.54) is 76.9 Å². The van der Waals surface area contributed by atoms with Crippen molar-refractivity contribution in [3.05, 3.63) is 29.8 Å². The molecule has 1 atom stereocenters. The summed E-state index contributed by atoms with van der Waals surface area (Å²) in [6.07, 6.45) is 8.27. The number of hydrogen-bond acceptors (Lipinski definition) is 4. The lowest BCUT2D eigenvalue weighted by molar-refractivity contribution is 0.0396. The molecule has 1 saturated carbocycles. The minimum Gasteiger partial charge on any atom is -0.487 e. The summed E-state index contributed by atoms with van der Waals surface area (Å²) >= 11 is 0. The van der Waals surface area contributed by atoms with Crippen LogP contribution in [-0.2, 0) is 0 Å². The van der Waals surface area contributed by atoms with E-state index < -0.39 is 0 Å². The number of unbranched alkanes of at least 4 members (excludes halogenated alkanes) is 1. The number of nitrogens with one attached hydrogen (secondary N) is 2. The van der Waals surface area contributed by atoms with Crippen molar-refractivity contribution in [2.24, 2.45) is 4.99 Å². The molecule has 3 aliphatic rings. The van der Waals surface area contributed by atoms with Crippen molar-refractivity contribution in [1.29, 1.82) is 0 Å². The van der Waals surface area contributed by atoms with Crippen molar-refractivity contribution in [2.75, 3.05) is 52.4 Å². The first-order chi connectivity index (χ1) is 15.7. The van der Waals surface area contributed by atoms with Gasteiger partial charge in [-0.15, -0.1) is 24.0 Å². The van der Waals surface area contributed by atoms with Crippen molar-refractivity contribution in [2.45, 2.75) is 70.4 Å². The second-order valence-electron chi connectivity index (χ2n) is 9.67. The molecule has 1 aliphatic carbocycles. The fourth-order valence-electron chi connectivity index (χ4n) is 5.52. The quantitative estimate of drug-likeness (QED) is 0.210. The Morgan fingerprint density at radius 1 is 1.06 bits per heavy atom. The molecule has 4 rings (SSSR count). The number of piperazine rings is 1. The number of rotatable bonds is 8. The highest BCUT2D eigenvalue weighted by Crippen LogP contribution is 2.46. The molecule has 1 saturated heterocycles. The van der Waals surface area contributed by atoms with Crippen LogP contribution in [0.3, 0.4) is 0 Å². The van der Waals surface area contributed by atoms with E-state index in [4.69, 9.17) is 9.73 Å². The molecule has 6 nitrogen and oxygen atoms in total. The highest BCUT2D eigenvalue weighted by atomic mass is 127. The molecule has 0 bridgehead atoms.